The zero-order valence-corrected chi connectivity index (χ0v) is 30.5. The molecule has 270 valence electrons. The molecule has 0 bridgehead atoms. The Bertz CT molecular complexity index is 1880. The molecule has 1 aliphatic rings. The molecule has 5 rings (SSSR count). The van der Waals surface area contributed by atoms with Crippen LogP contribution >= 0.6 is 0 Å². The van der Waals surface area contributed by atoms with Crippen LogP contribution in [0.5, 0.6) is 17.2 Å². The number of rotatable bonds is 16. The van der Waals surface area contributed by atoms with Crippen molar-refractivity contribution in [2.24, 2.45) is 0 Å². The van der Waals surface area contributed by atoms with Crippen LogP contribution in [-0.4, -0.2) is 64.6 Å². The number of sulfonamides is 1. The number of ether oxygens (including phenoxy) is 3. The van der Waals surface area contributed by atoms with E-state index in [0.717, 1.165) is 46.7 Å². The summed E-state index contributed by atoms with van der Waals surface area (Å²) in [5.74, 6) is 0.355. The molecule has 0 unspecified atom stereocenters. The second-order valence-electron chi connectivity index (χ2n) is 12.7. The summed E-state index contributed by atoms with van der Waals surface area (Å²) in [4.78, 5) is 30.5. The van der Waals surface area contributed by atoms with Crippen molar-refractivity contribution in [3.63, 3.8) is 0 Å². The van der Waals surface area contributed by atoms with E-state index in [1.165, 1.54) is 37.3 Å². The van der Waals surface area contributed by atoms with Crippen LogP contribution in [-0.2, 0) is 32.6 Å². The Hall–Kier alpha value is -5.03. The highest BCUT2D eigenvalue weighted by Gasteiger charge is 2.36. The number of nitrogens with zero attached hydrogens (tertiary/aromatic N) is 2. The molecule has 0 aliphatic heterocycles. The van der Waals surface area contributed by atoms with E-state index in [9.17, 15) is 18.0 Å². The lowest BCUT2D eigenvalue weighted by atomic mass is 10.0. The maximum absolute atomic E-state index is 14.8. The lowest BCUT2D eigenvalue weighted by Gasteiger charge is -2.34. The van der Waals surface area contributed by atoms with Gasteiger partial charge >= 0.3 is 0 Å². The molecule has 11 heteroatoms. The predicted molar refractivity (Wildman–Crippen MR) is 198 cm³/mol. The van der Waals surface area contributed by atoms with Gasteiger partial charge in [-0.15, -0.1) is 0 Å². The molecule has 1 atom stereocenters. The molecule has 2 amide bonds. The average molecular weight is 714 g/mol. The Morgan fingerprint density at radius 2 is 1.53 bits per heavy atom. The van der Waals surface area contributed by atoms with Crippen molar-refractivity contribution >= 4 is 27.5 Å². The van der Waals surface area contributed by atoms with E-state index in [2.05, 4.69) is 5.32 Å². The molecule has 10 nitrogen and oxygen atoms in total. The van der Waals surface area contributed by atoms with Crippen molar-refractivity contribution in [3.8, 4) is 17.2 Å². The Kier molecular flexibility index (Phi) is 12.6. The quantitative estimate of drug-likeness (QED) is 0.145. The van der Waals surface area contributed by atoms with Gasteiger partial charge in [0.15, 0.2) is 11.5 Å². The van der Waals surface area contributed by atoms with Crippen LogP contribution in [0.2, 0.25) is 0 Å². The summed E-state index contributed by atoms with van der Waals surface area (Å²) in [6.07, 6.45) is 4.08. The normalized spacial score (nSPS) is 13.6. The van der Waals surface area contributed by atoms with Crippen LogP contribution in [0.4, 0.5) is 5.69 Å². The summed E-state index contributed by atoms with van der Waals surface area (Å²) >= 11 is 0. The Balaban J connectivity index is 1.59. The summed E-state index contributed by atoms with van der Waals surface area (Å²) < 4.78 is 46.5. The highest BCUT2D eigenvalue weighted by Crippen LogP contribution is 2.33. The van der Waals surface area contributed by atoms with Crippen LogP contribution in [0, 0.1) is 6.92 Å². The first-order valence-electron chi connectivity index (χ1n) is 17.3. The molecule has 4 aromatic rings. The molecule has 0 spiro atoms. The second kappa shape index (κ2) is 17.3. The minimum atomic E-state index is -4.36. The third kappa shape index (κ3) is 9.40. The van der Waals surface area contributed by atoms with Gasteiger partial charge in [0, 0.05) is 25.1 Å². The molecule has 1 aliphatic carbocycles. The first-order chi connectivity index (χ1) is 24.6. The summed E-state index contributed by atoms with van der Waals surface area (Å²) in [7, 11) is -1.47. The summed E-state index contributed by atoms with van der Waals surface area (Å²) in [5, 5.41) is 3.21. The number of aryl methyl sites for hydroxylation is 1. The fourth-order valence-corrected chi connectivity index (χ4v) is 7.87. The monoisotopic (exact) mass is 713 g/mol. The number of hydrogen-bond donors (Lipinski definition) is 1. The fraction of sp³-hybridized carbons (Fsp3) is 0.350. The van der Waals surface area contributed by atoms with E-state index >= 15 is 0 Å². The predicted octanol–water partition coefficient (Wildman–Crippen LogP) is 6.31. The molecular weight excluding hydrogens is 667 g/mol. The summed E-state index contributed by atoms with van der Waals surface area (Å²) in [6.45, 7) is 3.79. The third-order valence-electron chi connectivity index (χ3n) is 9.07. The third-order valence-corrected chi connectivity index (χ3v) is 10.8. The largest absolute Gasteiger partial charge is 0.494 e. The molecule has 1 saturated carbocycles. The van der Waals surface area contributed by atoms with Crippen LogP contribution in [0.3, 0.4) is 0 Å². The van der Waals surface area contributed by atoms with Gasteiger partial charge < -0.3 is 24.4 Å². The Morgan fingerprint density at radius 3 is 2.18 bits per heavy atom. The first kappa shape index (κ1) is 37.2. The minimum Gasteiger partial charge on any atom is -0.494 e. The maximum atomic E-state index is 14.8. The number of amides is 2. The van der Waals surface area contributed by atoms with Crippen molar-refractivity contribution in [2.75, 3.05) is 31.7 Å². The molecule has 1 fully saturated rings. The van der Waals surface area contributed by atoms with Gasteiger partial charge in [-0.05, 0) is 74.2 Å². The van der Waals surface area contributed by atoms with Gasteiger partial charge in [0.2, 0.25) is 11.8 Å². The molecule has 0 aromatic heterocycles. The first-order valence-corrected chi connectivity index (χ1v) is 18.7. The van der Waals surface area contributed by atoms with Gasteiger partial charge in [0.25, 0.3) is 10.0 Å². The van der Waals surface area contributed by atoms with Gasteiger partial charge in [0.05, 0.1) is 31.4 Å². The van der Waals surface area contributed by atoms with E-state index in [-0.39, 0.29) is 41.2 Å². The smallest absolute Gasteiger partial charge is 0.264 e. The van der Waals surface area contributed by atoms with Crippen LogP contribution in [0.15, 0.2) is 102 Å². The molecule has 1 N–H and O–H groups in total. The number of anilines is 1. The van der Waals surface area contributed by atoms with Gasteiger partial charge in [-0.1, -0.05) is 73.0 Å². The summed E-state index contributed by atoms with van der Waals surface area (Å²) in [6, 6.07) is 27.3. The van der Waals surface area contributed by atoms with Crippen molar-refractivity contribution < 1.29 is 32.2 Å². The number of methoxy groups -OCH3 is 2. The topological polar surface area (TPSA) is 114 Å². The van der Waals surface area contributed by atoms with Crippen molar-refractivity contribution in [3.05, 3.63) is 114 Å². The van der Waals surface area contributed by atoms with Gasteiger partial charge in [-0.25, -0.2) is 8.42 Å². The zero-order valence-electron chi connectivity index (χ0n) is 29.7. The minimum absolute atomic E-state index is 0.0254. The summed E-state index contributed by atoms with van der Waals surface area (Å²) in [5.41, 5.74) is 2.96. The molecule has 4 aromatic carbocycles. The molecule has 0 saturated heterocycles. The van der Waals surface area contributed by atoms with Crippen molar-refractivity contribution in [2.45, 2.75) is 69.5 Å². The number of benzene rings is 4. The molecule has 0 heterocycles. The van der Waals surface area contributed by atoms with Gasteiger partial charge in [-0.2, -0.15) is 0 Å². The number of nitrogens with one attached hydrogen (secondary N) is 1. The number of hydrogen-bond acceptors (Lipinski definition) is 7. The van der Waals surface area contributed by atoms with E-state index in [1.807, 2.05) is 68.4 Å². The van der Waals surface area contributed by atoms with Gasteiger partial charge in [-0.3, -0.25) is 13.9 Å². The fourth-order valence-electron chi connectivity index (χ4n) is 6.44. The van der Waals surface area contributed by atoms with E-state index in [1.54, 1.807) is 24.3 Å². The highest BCUT2D eigenvalue weighted by molar-refractivity contribution is 7.92. The zero-order chi connectivity index (χ0) is 36.4. The van der Waals surface area contributed by atoms with Crippen LogP contribution in [0.25, 0.3) is 0 Å². The van der Waals surface area contributed by atoms with E-state index in [0.29, 0.717) is 18.1 Å². The second-order valence-corrected chi connectivity index (χ2v) is 14.5. The molecule has 0 radical (unpaired) electrons. The number of carbonyl (C=O) groups excluding carboxylic acids is 2. The van der Waals surface area contributed by atoms with Crippen molar-refractivity contribution in [1.29, 1.82) is 0 Å². The lowest BCUT2D eigenvalue weighted by Crippen LogP contribution is -2.54. The maximum Gasteiger partial charge on any atom is 0.264 e. The van der Waals surface area contributed by atoms with Gasteiger partial charge in [0.1, 0.15) is 18.3 Å². The molecular formula is C40H47N3O7S. The SMILES string of the molecule is CCOc1ccc(N(CC(=O)N(Cc2cccc(C)c2)[C@@H](Cc2ccccc2)C(=O)NC2CCCC2)S(=O)(=O)c2ccc(OC)c(OC)c2)cc1. The highest BCUT2D eigenvalue weighted by atomic mass is 32.2. The molecule has 51 heavy (non-hydrogen) atoms. The lowest BCUT2D eigenvalue weighted by molar-refractivity contribution is -0.140. The standard InChI is InChI=1S/C40H47N3O7S/c1-5-50-34-20-18-33(19-21-34)43(51(46,47)35-22-23-37(48-3)38(26-35)49-4)28-39(44)42(27-31-15-11-12-29(2)24-31)36(25-30-13-7-6-8-14-30)40(45)41-32-16-9-10-17-32/h6-8,11-15,18-24,26,32,36H,5,9-10,16-17,25,27-28H2,1-4H3,(H,41,45)/t36-/m0/s1. The van der Waals surface area contributed by atoms with Crippen molar-refractivity contribution in [1.82, 2.24) is 10.2 Å². The number of carbonyl (C=O) groups is 2. The Labute approximate surface area is 301 Å². The van der Waals surface area contributed by atoms with E-state index in [4.69, 9.17) is 14.2 Å². The van der Waals surface area contributed by atoms with Crippen LogP contribution in [0.1, 0.15) is 49.3 Å². The van der Waals surface area contributed by atoms with Crippen LogP contribution < -0.4 is 23.8 Å². The Morgan fingerprint density at radius 1 is 0.843 bits per heavy atom. The van der Waals surface area contributed by atoms with E-state index < -0.39 is 28.5 Å². The average Bonchev–Trinajstić information content (AvgIpc) is 3.65.